The van der Waals surface area contributed by atoms with Gasteiger partial charge in [-0.15, -0.1) is 0 Å². The lowest BCUT2D eigenvalue weighted by molar-refractivity contribution is -0.142. The maximum absolute atomic E-state index is 12.7. The van der Waals surface area contributed by atoms with Crippen LogP contribution in [0, 0.1) is 5.92 Å². The summed E-state index contributed by atoms with van der Waals surface area (Å²) in [6.45, 7) is 3.78. The Balaban J connectivity index is 2.62. The number of phenols is 1. The minimum absolute atomic E-state index is 0.0462. The number of aliphatic carboxylic acids is 1. The van der Waals surface area contributed by atoms with E-state index < -0.39 is 41.8 Å². The summed E-state index contributed by atoms with van der Waals surface area (Å²) in [6.07, 6.45) is 1.93. The Bertz CT molecular complexity index is 815. The van der Waals surface area contributed by atoms with E-state index in [9.17, 15) is 29.4 Å². The molecule has 11 heteroatoms. The van der Waals surface area contributed by atoms with Gasteiger partial charge in [0.05, 0.1) is 12.6 Å². The molecule has 1 rings (SSSR count). The van der Waals surface area contributed by atoms with Crippen LogP contribution in [0.5, 0.6) is 5.75 Å². The molecular formula is C23H37N5O6. The maximum atomic E-state index is 12.7. The molecule has 1 aromatic rings. The van der Waals surface area contributed by atoms with E-state index in [1.807, 2.05) is 13.8 Å². The van der Waals surface area contributed by atoms with E-state index in [4.69, 9.17) is 11.5 Å². The smallest absolute Gasteiger partial charge is 0.326 e. The SMILES string of the molecule is CC(C)CC(NC(=O)CNC(=O)C(N)Cc1ccc(O)cc1)C(=O)NC(CCCCN)C(=O)O. The standard InChI is InChI=1S/C23H37N5O6/c1-14(2)11-19(22(32)28-18(23(33)34)5-3-4-10-24)27-20(30)13-26-21(31)17(25)12-15-6-8-16(29)9-7-15/h6-9,14,17-19,29H,3-5,10-13,24-25H2,1-2H3,(H,26,31)(H,27,30)(H,28,32)(H,33,34). The zero-order valence-corrected chi connectivity index (χ0v) is 19.8. The van der Waals surface area contributed by atoms with Gasteiger partial charge in [0.15, 0.2) is 0 Å². The van der Waals surface area contributed by atoms with Gasteiger partial charge in [0.2, 0.25) is 17.7 Å². The molecule has 3 unspecified atom stereocenters. The quantitative estimate of drug-likeness (QED) is 0.165. The van der Waals surface area contributed by atoms with Crippen LogP contribution in [0.1, 0.15) is 45.1 Å². The van der Waals surface area contributed by atoms with Crippen molar-refractivity contribution in [3.63, 3.8) is 0 Å². The summed E-state index contributed by atoms with van der Waals surface area (Å²) in [5, 5.41) is 26.2. The van der Waals surface area contributed by atoms with Gasteiger partial charge in [-0.3, -0.25) is 14.4 Å². The van der Waals surface area contributed by atoms with Gasteiger partial charge in [0.1, 0.15) is 17.8 Å². The Morgan fingerprint density at radius 3 is 2.18 bits per heavy atom. The third-order valence-electron chi connectivity index (χ3n) is 5.07. The predicted molar refractivity (Wildman–Crippen MR) is 127 cm³/mol. The van der Waals surface area contributed by atoms with E-state index >= 15 is 0 Å². The molecule has 0 heterocycles. The van der Waals surface area contributed by atoms with Crippen molar-refractivity contribution < 1.29 is 29.4 Å². The number of phenolic OH excluding ortho intramolecular Hbond substituents is 1. The van der Waals surface area contributed by atoms with Gasteiger partial charge in [0, 0.05) is 0 Å². The fourth-order valence-electron chi connectivity index (χ4n) is 3.25. The molecule has 9 N–H and O–H groups in total. The van der Waals surface area contributed by atoms with E-state index in [0.29, 0.717) is 25.8 Å². The number of rotatable bonds is 15. The minimum atomic E-state index is -1.16. The average molecular weight is 480 g/mol. The van der Waals surface area contributed by atoms with Crippen LogP contribution in [0.2, 0.25) is 0 Å². The van der Waals surface area contributed by atoms with Crippen LogP contribution in [-0.4, -0.2) is 65.1 Å². The summed E-state index contributed by atoms with van der Waals surface area (Å²) in [6, 6.07) is 3.32. The van der Waals surface area contributed by atoms with Gasteiger partial charge < -0.3 is 37.6 Å². The molecule has 0 saturated carbocycles. The normalized spacial score (nSPS) is 13.6. The highest BCUT2D eigenvalue weighted by molar-refractivity contribution is 5.92. The lowest BCUT2D eigenvalue weighted by Gasteiger charge is -2.23. The van der Waals surface area contributed by atoms with Crippen molar-refractivity contribution in [1.82, 2.24) is 16.0 Å². The van der Waals surface area contributed by atoms with Gasteiger partial charge in [-0.25, -0.2) is 4.79 Å². The van der Waals surface area contributed by atoms with Crippen LogP contribution in [0.3, 0.4) is 0 Å². The topological polar surface area (TPSA) is 197 Å². The number of carboxylic acids is 1. The van der Waals surface area contributed by atoms with Crippen LogP contribution in [-0.2, 0) is 25.6 Å². The number of amides is 3. The molecule has 34 heavy (non-hydrogen) atoms. The number of nitrogens with two attached hydrogens (primary N) is 2. The zero-order chi connectivity index (χ0) is 25.7. The van der Waals surface area contributed by atoms with Crippen molar-refractivity contribution >= 4 is 23.7 Å². The highest BCUT2D eigenvalue weighted by atomic mass is 16.4. The molecule has 0 radical (unpaired) electrons. The van der Waals surface area contributed by atoms with Crippen LogP contribution < -0.4 is 27.4 Å². The molecule has 0 saturated heterocycles. The van der Waals surface area contributed by atoms with Gasteiger partial charge in [-0.1, -0.05) is 26.0 Å². The number of carbonyl (C=O) groups excluding carboxylic acids is 3. The average Bonchev–Trinajstić information content (AvgIpc) is 2.77. The number of hydrogen-bond acceptors (Lipinski definition) is 7. The Kier molecular flexibility index (Phi) is 12.6. The summed E-state index contributed by atoms with van der Waals surface area (Å²) < 4.78 is 0. The van der Waals surface area contributed by atoms with Crippen molar-refractivity contribution in [2.24, 2.45) is 17.4 Å². The van der Waals surface area contributed by atoms with Crippen LogP contribution in [0.4, 0.5) is 0 Å². The molecule has 0 bridgehead atoms. The Hall–Kier alpha value is -3.18. The third kappa shape index (κ3) is 11.1. The number of hydrogen-bond donors (Lipinski definition) is 7. The number of unbranched alkanes of at least 4 members (excludes halogenated alkanes) is 1. The Morgan fingerprint density at radius 1 is 0.971 bits per heavy atom. The third-order valence-corrected chi connectivity index (χ3v) is 5.07. The molecule has 0 fully saturated rings. The van der Waals surface area contributed by atoms with Crippen LogP contribution in [0.15, 0.2) is 24.3 Å². The molecule has 0 aliphatic carbocycles. The fraction of sp³-hybridized carbons (Fsp3) is 0.565. The van der Waals surface area contributed by atoms with Gasteiger partial charge in [-0.2, -0.15) is 0 Å². The molecule has 0 aliphatic heterocycles. The highest BCUT2D eigenvalue weighted by Gasteiger charge is 2.27. The van der Waals surface area contributed by atoms with Crippen molar-refractivity contribution in [2.45, 2.75) is 64.1 Å². The minimum Gasteiger partial charge on any atom is -0.508 e. The second kappa shape index (κ2) is 14.9. The fourth-order valence-corrected chi connectivity index (χ4v) is 3.25. The van der Waals surface area contributed by atoms with E-state index in [-0.39, 0.29) is 31.1 Å². The van der Waals surface area contributed by atoms with Crippen molar-refractivity contribution in [3.8, 4) is 5.75 Å². The zero-order valence-electron chi connectivity index (χ0n) is 19.8. The highest BCUT2D eigenvalue weighted by Crippen LogP contribution is 2.11. The van der Waals surface area contributed by atoms with E-state index in [1.54, 1.807) is 12.1 Å². The second-order valence-corrected chi connectivity index (χ2v) is 8.63. The summed E-state index contributed by atoms with van der Waals surface area (Å²) >= 11 is 0. The van der Waals surface area contributed by atoms with Gasteiger partial charge >= 0.3 is 5.97 Å². The molecule has 190 valence electrons. The summed E-state index contributed by atoms with van der Waals surface area (Å²) in [5.41, 5.74) is 12.1. The van der Waals surface area contributed by atoms with E-state index in [2.05, 4.69) is 16.0 Å². The summed E-state index contributed by atoms with van der Waals surface area (Å²) in [7, 11) is 0. The molecule has 0 aromatic heterocycles. The molecule has 3 atom stereocenters. The number of carbonyl (C=O) groups is 4. The van der Waals surface area contributed by atoms with Crippen molar-refractivity contribution in [1.29, 1.82) is 0 Å². The molecule has 3 amide bonds. The largest absolute Gasteiger partial charge is 0.508 e. The summed E-state index contributed by atoms with van der Waals surface area (Å²) in [4.78, 5) is 48.8. The first-order valence-corrected chi connectivity index (χ1v) is 11.4. The predicted octanol–water partition coefficient (Wildman–Crippen LogP) is -0.392. The molecule has 11 nitrogen and oxygen atoms in total. The van der Waals surface area contributed by atoms with E-state index in [0.717, 1.165) is 5.56 Å². The second-order valence-electron chi connectivity index (χ2n) is 8.63. The van der Waals surface area contributed by atoms with Crippen LogP contribution >= 0.6 is 0 Å². The van der Waals surface area contributed by atoms with E-state index in [1.165, 1.54) is 12.1 Å². The first-order chi connectivity index (χ1) is 16.0. The van der Waals surface area contributed by atoms with Gasteiger partial charge in [-0.05, 0) is 62.3 Å². The van der Waals surface area contributed by atoms with Crippen molar-refractivity contribution in [3.05, 3.63) is 29.8 Å². The lowest BCUT2D eigenvalue weighted by Crippen LogP contribution is -2.54. The van der Waals surface area contributed by atoms with Crippen LogP contribution in [0.25, 0.3) is 0 Å². The van der Waals surface area contributed by atoms with Gasteiger partial charge in [0.25, 0.3) is 0 Å². The van der Waals surface area contributed by atoms with Crippen molar-refractivity contribution in [2.75, 3.05) is 13.1 Å². The number of benzene rings is 1. The first-order valence-electron chi connectivity index (χ1n) is 11.4. The molecular weight excluding hydrogens is 442 g/mol. The number of nitrogens with one attached hydrogen (secondary N) is 3. The number of carboxylic acid groups (broad SMARTS) is 1. The first kappa shape index (κ1) is 28.9. The molecule has 1 aromatic carbocycles. The Morgan fingerprint density at radius 2 is 1.62 bits per heavy atom. The Labute approximate surface area is 199 Å². The monoisotopic (exact) mass is 479 g/mol. The molecule has 0 aliphatic rings. The maximum Gasteiger partial charge on any atom is 0.326 e. The summed E-state index contributed by atoms with van der Waals surface area (Å²) in [5.74, 6) is -2.75. The molecule has 0 spiro atoms. The lowest BCUT2D eigenvalue weighted by atomic mass is 10.0. The number of aromatic hydroxyl groups is 1.